The van der Waals surface area contributed by atoms with E-state index in [2.05, 4.69) is 18.3 Å². The smallest absolute Gasteiger partial charge is 0.240 e. The Morgan fingerprint density at radius 3 is 2.52 bits per heavy atom. The number of para-hydroxylation sites is 1. The minimum atomic E-state index is -0.267. The van der Waals surface area contributed by atoms with Gasteiger partial charge in [-0.2, -0.15) is 5.10 Å². The quantitative estimate of drug-likeness (QED) is 0.298. The number of hydrogen-bond acceptors (Lipinski definition) is 6. The number of methoxy groups -OCH3 is 1. The number of benzene rings is 3. The van der Waals surface area contributed by atoms with E-state index in [0.29, 0.717) is 18.9 Å². The first-order valence-corrected chi connectivity index (χ1v) is 15.1. The molecule has 9 heteroatoms. The van der Waals surface area contributed by atoms with Gasteiger partial charge in [0, 0.05) is 29.8 Å². The van der Waals surface area contributed by atoms with E-state index in [0.717, 1.165) is 44.9 Å². The van der Waals surface area contributed by atoms with Crippen LogP contribution >= 0.6 is 11.8 Å². The van der Waals surface area contributed by atoms with Crippen LogP contribution in [0.15, 0.2) is 72.8 Å². The van der Waals surface area contributed by atoms with Crippen molar-refractivity contribution >= 4 is 29.4 Å². The molecule has 4 aromatic rings. The number of rotatable bonds is 9. The zero-order valence-electron chi connectivity index (χ0n) is 24.8. The number of aryl methyl sites for hydroxylation is 2. The molecule has 3 aromatic carbocycles. The lowest BCUT2D eigenvalue weighted by atomic mass is 9.99. The summed E-state index contributed by atoms with van der Waals surface area (Å²) in [4.78, 5) is 30.8. The predicted octanol–water partition coefficient (Wildman–Crippen LogP) is 5.01. The Balaban J connectivity index is 1.76. The van der Waals surface area contributed by atoms with Gasteiger partial charge in [0.15, 0.2) is 0 Å². The fourth-order valence-corrected chi connectivity index (χ4v) is 6.51. The summed E-state index contributed by atoms with van der Waals surface area (Å²) in [5, 5.41) is 7.92. The van der Waals surface area contributed by atoms with Crippen LogP contribution in [0.3, 0.4) is 0 Å². The number of nitrogens with one attached hydrogen (secondary N) is 1. The average molecular weight is 584 g/mol. The number of thioether (sulfide) groups is 1. The summed E-state index contributed by atoms with van der Waals surface area (Å²) in [5.74, 6) is 1.18. The van der Waals surface area contributed by atoms with Crippen molar-refractivity contribution in [2.24, 2.45) is 0 Å². The first-order valence-electron chi connectivity index (χ1n) is 14.0. The Bertz CT molecular complexity index is 1580. The van der Waals surface area contributed by atoms with Crippen LogP contribution in [-0.2, 0) is 9.59 Å². The van der Waals surface area contributed by atoms with Gasteiger partial charge in [-0.1, -0.05) is 66.2 Å². The van der Waals surface area contributed by atoms with Crippen molar-refractivity contribution in [2.75, 3.05) is 51.5 Å². The van der Waals surface area contributed by atoms with Crippen LogP contribution in [0.1, 0.15) is 27.5 Å². The van der Waals surface area contributed by atoms with E-state index < -0.39 is 0 Å². The molecule has 0 radical (unpaired) electrons. The molecule has 1 aliphatic rings. The van der Waals surface area contributed by atoms with Gasteiger partial charge < -0.3 is 15.0 Å². The number of carbonyl (C=O) groups is 2. The third kappa shape index (κ3) is 6.07. The zero-order valence-corrected chi connectivity index (χ0v) is 25.6. The third-order valence-corrected chi connectivity index (χ3v) is 8.56. The molecule has 42 heavy (non-hydrogen) atoms. The molecular formula is C33H37N5O3S. The van der Waals surface area contributed by atoms with E-state index in [1.54, 1.807) is 12.0 Å². The molecule has 1 atom stereocenters. The number of amides is 2. The summed E-state index contributed by atoms with van der Waals surface area (Å²) in [7, 11) is 5.58. The van der Waals surface area contributed by atoms with Gasteiger partial charge in [-0.3, -0.25) is 14.5 Å². The number of nitrogens with zero attached hydrogens (tertiary/aromatic N) is 4. The second kappa shape index (κ2) is 12.8. The lowest BCUT2D eigenvalue weighted by Crippen LogP contribution is -2.43. The van der Waals surface area contributed by atoms with Crippen LogP contribution in [0, 0.1) is 13.8 Å². The molecule has 0 fully saturated rings. The SMILES string of the molecule is COc1ccccc1[C@@H]1SCC(=O)N(CC(=O)NCCN(C)C)c2c1c(-c1ccccc1)nn2-c1ccc(C)cc1C. The van der Waals surface area contributed by atoms with Crippen molar-refractivity contribution in [3.63, 3.8) is 0 Å². The lowest BCUT2D eigenvalue weighted by molar-refractivity contribution is -0.122. The number of anilines is 1. The summed E-state index contributed by atoms with van der Waals surface area (Å²) >= 11 is 1.53. The molecule has 0 saturated heterocycles. The number of aromatic nitrogens is 2. The van der Waals surface area contributed by atoms with Crippen LogP contribution < -0.4 is 15.0 Å². The normalized spacial score (nSPS) is 15.0. The highest BCUT2D eigenvalue weighted by molar-refractivity contribution is 8.00. The molecule has 218 valence electrons. The van der Waals surface area contributed by atoms with Crippen molar-refractivity contribution in [1.82, 2.24) is 20.0 Å². The van der Waals surface area contributed by atoms with Crippen LogP contribution in [0.25, 0.3) is 16.9 Å². The molecular weight excluding hydrogens is 546 g/mol. The van der Waals surface area contributed by atoms with Gasteiger partial charge in [0.2, 0.25) is 11.8 Å². The lowest BCUT2D eigenvalue weighted by Gasteiger charge is -2.24. The summed E-state index contributed by atoms with van der Waals surface area (Å²) < 4.78 is 7.65. The Kier molecular flexibility index (Phi) is 8.99. The minimum absolute atomic E-state index is 0.108. The van der Waals surface area contributed by atoms with Crippen LogP contribution in [-0.4, -0.2) is 73.1 Å². The molecule has 1 aromatic heterocycles. The van der Waals surface area contributed by atoms with E-state index >= 15 is 0 Å². The van der Waals surface area contributed by atoms with Crippen LogP contribution in [0.2, 0.25) is 0 Å². The second-order valence-electron chi connectivity index (χ2n) is 10.7. The summed E-state index contributed by atoms with van der Waals surface area (Å²) in [6, 6.07) is 24.1. The molecule has 1 aliphatic heterocycles. The Hall–Kier alpha value is -4.08. The second-order valence-corrected chi connectivity index (χ2v) is 11.8. The third-order valence-electron chi connectivity index (χ3n) is 7.32. The monoisotopic (exact) mass is 583 g/mol. The average Bonchev–Trinajstić information content (AvgIpc) is 3.29. The summed E-state index contributed by atoms with van der Waals surface area (Å²) in [6.07, 6.45) is 0. The van der Waals surface area contributed by atoms with Crippen LogP contribution in [0.4, 0.5) is 5.82 Å². The van der Waals surface area contributed by atoms with Crippen molar-refractivity contribution in [2.45, 2.75) is 19.1 Å². The molecule has 0 spiro atoms. The fraction of sp³-hybridized carbons (Fsp3) is 0.303. The number of carbonyl (C=O) groups excluding carboxylic acids is 2. The van der Waals surface area contributed by atoms with E-state index in [4.69, 9.17) is 9.84 Å². The molecule has 1 N–H and O–H groups in total. The molecule has 8 nitrogen and oxygen atoms in total. The summed E-state index contributed by atoms with van der Waals surface area (Å²) in [6.45, 7) is 5.18. The van der Waals surface area contributed by atoms with Crippen molar-refractivity contribution in [1.29, 1.82) is 0 Å². The molecule has 2 heterocycles. The largest absolute Gasteiger partial charge is 0.496 e. The van der Waals surface area contributed by atoms with Gasteiger partial charge in [0.25, 0.3) is 0 Å². The highest BCUT2D eigenvalue weighted by Gasteiger charge is 2.38. The van der Waals surface area contributed by atoms with Gasteiger partial charge in [0.1, 0.15) is 18.1 Å². The Morgan fingerprint density at radius 1 is 1.07 bits per heavy atom. The highest BCUT2D eigenvalue weighted by Crippen LogP contribution is 2.50. The predicted molar refractivity (Wildman–Crippen MR) is 170 cm³/mol. The first kappa shape index (κ1) is 29.4. The molecule has 0 bridgehead atoms. The maximum Gasteiger partial charge on any atom is 0.240 e. The van der Waals surface area contributed by atoms with Crippen molar-refractivity contribution < 1.29 is 14.3 Å². The van der Waals surface area contributed by atoms with E-state index in [-0.39, 0.29) is 29.4 Å². The first-order chi connectivity index (χ1) is 20.3. The molecule has 0 saturated carbocycles. The molecule has 2 amide bonds. The number of ether oxygens (including phenoxy) is 1. The number of fused-ring (bicyclic) bond motifs is 1. The van der Waals surface area contributed by atoms with Gasteiger partial charge in [-0.25, -0.2) is 4.68 Å². The van der Waals surface area contributed by atoms with Gasteiger partial charge in [-0.05, 0) is 45.6 Å². The Morgan fingerprint density at radius 2 is 1.81 bits per heavy atom. The van der Waals surface area contributed by atoms with Crippen molar-refractivity contribution in [3.8, 4) is 22.7 Å². The van der Waals surface area contributed by atoms with Crippen molar-refractivity contribution in [3.05, 3.63) is 95.1 Å². The van der Waals surface area contributed by atoms with Gasteiger partial charge in [0.05, 0.1) is 29.5 Å². The number of hydrogen-bond donors (Lipinski definition) is 1. The fourth-order valence-electron chi connectivity index (χ4n) is 5.29. The van der Waals surface area contributed by atoms with Gasteiger partial charge >= 0.3 is 0 Å². The Labute approximate surface area is 251 Å². The number of likely N-dealkylation sites (N-methyl/N-ethyl adjacent to an activating group) is 1. The molecule has 0 unspecified atom stereocenters. The highest BCUT2D eigenvalue weighted by atomic mass is 32.2. The van der Waals surface area contributed by atoms with Gasteiger partial charge in [-0.15, -0.1) is 11.8 Å². The van der Waals surface area contributed by atoms with E-state index in [1.807, 2.05) is 97.3 Å². The van der Waals surface area contributed by atoms with E-state index in [9.17, 15) is 9.59 Å². The topological polar surface area (TPSA) is 79.7 Å². The molecule has 0 aliphatic carbocycles. The zero-order chi connectivity index (χ0) is 29.8. The maximum atomic E-state index is 13.9. The molecule has 5 rings (SSSR count). The van der Waals surface area contributed by atoms with E-state index in [1.165, 1.54) is 11.8 Å². The standard InChI is InChI=1S/C33H37N5O3S/c1-22-15-16-26(23(2)19-22)38-33-30(31(35-38)24-11-7-6-8-12-24)32(25-13-9-10-14-27(25)41-5)42-21-29(40)37(33)20-28(39)34-17-18-36(3)4/h6-16,19,32H,17-18,20-21H2,1-5H3,(H,34,39)/t32-/m0/s1. The minimum Gasteiger partial charge on any atom is -0.496 e. The maximum absolute atomic E-state index is 13.9. The summed E-state index contributed by atoms with van der Waals surface area (Å²) in [5.41, 5.74) is 6.54. The van der Waals surface area contributed by atoms with Crippen LogP contribution in [0.5, 0.6) is 5.75 Å².